The molecule has 0 aliphatic carbocycles. The number of amides is 2. The summed E-state index contributed by atoms with van der Waals surface area (Å²) in [6, 6.07) is 1.78. The van der Waals surface area contributed by atoms with Crippen LogP contribution in [0.4, 0.5) is 18.9 Å². The summed E-state index contributed by atoms with van der Waals surface area (Å²) in [5, 5.41) is 8.95. The quantitative estimate of drug-likeness (QED) is 0.841. The minimum Gasteiger partial charge on any atom is -0.478 e. The van der Waals surface area contributed by atoms with Gasteiger partial charge in [0.05, 0.1) is 16.8 Å². The van der Waals surface area contributed by atoms with Gasteiger partial charge in [-0.05, 0) is 18.2 Å². The summed E-state index contributed by atoms with van der Waals surface area (Å²) in [5.41, 5.74) is -2.35. The molecule has 0 atom stereocenters. The minimum absolute atomic E-state index is 0.385. The van der Waals surface area contributed by atoms with Crippen molar-refractivity contribution in [1.82, 2.24) is 0 Å². The average Bonchev–Trinajstić information content (AvgIpc) is 2.67. The molecule has 0 saturated heterocycles. The Bertz CT molecular complexity index is 631. The first-order valence-electron chi connectivity index (χ1n) is 5.22. The second kappa shape index (κ2) is 4.48. The van der Waals surface area contributed by atoms with Crippen molar-refractivity contribution in [3.63, 3.8) is 0 Å². The number of hydrogen-bond donors (Lipinski definition) is 1. The molecule has 0 bridgehead atoms. The number of imide groups is 1. The van der Waals surface area contributed by atoms with Gasteiger partial charge in [-0.25, -0.2) is 9.69 Å². The molecule has 0 radical (unpaired) electrons. The Kier molecular flexibility index (Phi) is 3.09. The highest BCUT2D eigenvalue weighted by Gasteiger charge is 2.34. The smallest absolute Gasteiger partial charge is 0.416 e. The Morgan fingerprint density at radius 2 is 1.65 bits per heavy atom. The maximum Gasteiger partial charge on any atom is 0.416 e. The topological polar surface area (TPSA) is 74.7 Å². The van der Waals surface area contributed by atoms with Gasteiger partial charge < -0.3 is 5.11 Å². The molecule has 1 aromatic rings. The molecule has 8 heteroatoms. The largest absolute Gasteiger partial charge is 0.478 e. The van der Waals surface area contributed by atoms with Crippen LogP contribution < -0.4 is 4.90 Å². The fourth-order valence-corrected chi connectivity index (χ4v) is 1.72. The third-order valence-corrected chi connectivity index (χ3v) is 2.60. The number of alkyl halides is 3. The van der Waals surface area contributed by atoms with Crippen LogP contribution in [0.2, 0.25) is 0 Å². The third-order valence-electron chi connectivity index (χ3n) is 2.60. The van der Waals surface area contributed by atoms with Crippen LogP contribution in [0.15, 0.2) is 30.4 Å². The predicted molar refractivity (Wildman–Crippen MR) is 60.0 cm³/mol. The van der Waals surface area contributed by atoms with Crippen LogP contribution in [0.25, 0.3) is 0 Å². The van der Waals surface area contributed by atoms with E-state index in [1.54, 1.807) is 0 Å². The number of carboxylic acids is 1. The third kappa shape index (κ3) is 2.27. The lowest BCUT2D eigenvalue weighted by Gasteiger charge is -2.17. The number of carboxylic acid groups (broad SMARTS) is 1. The van der Waals surface area contributed by atoms with Crippen molar-refractivity contribution >= 4 is 23.5 Å². The highest BCUT2D eigenvalue weighted by molar-refractivity contribution is 6.29. The van der Waals surface area contributed by atoms with Crippen molar-refractivity contribution in [2.24, 2.45) is 0 Å². The first kappa shape index (κ1) is 13.8. The van der Waals surface area contributed by atoms with Crippen LogP contribution in [-0.4, -0.2) is 22.9 Å². The molecular formula is C12H6F3NO4. The van der Waals surface area contributed by atoms with Crippen molar-refractivity contribution in [3.05, 3.63) is 41.5 Å². The molecule has 0 saturated carbocycles. The summed E-state index contributed by atoms with van der Waals surface area (Å²) in [6.45, 7) is 0. The summed E-state index contributed by atoms with van der Waals surface area (Å²) in [7, 11) is 0. The van der Waals surface area contributed by atoms with E-state index in [2.05, 4.69) is 0 Å². The molecule has 2 amide bonds. The molecule has 0 spiro atoms. The Morgan fingerprint density at radius 3 is 2.10 bits per heavy atom. The second-order valence-electron chi connectivity index (χ2n) is 3.88. The van der Waals surface area contributed by atoms with Gasteiger partial charge in [0.2, 0.25) is 0 Å². The predicted octanol–water partition coefficient (Wildman–Crippen LogP) is 1.83. The van der Waals surface area contributed by atoms with Crippen LogP contribution in [-0.2, 0) is 15.8 Å². The van der Waals surface area contributed by atoms with Gasteiger partial charge in [-0.15, -0.1) is 0 Å². The summed E-state index contributed by atoms with van der Waals surface area (Å²) < 4.78 is 37.6. The molecule has 20 heavy (non-hydrogen) atoms. The Labute approximate surface area is 109 Å². The fourth-order valence-electron chi connectivity index (χ4n) is 1.72. The molecule has 5 nitrogen and oxygen atoms in total. The zero-order valence-electron chi connectivity index (χ0n) is 9.64. The molecule has 1 aliphatic heterocycles. The molecule has 0 aromatic heterocycles. The molecular weight excluding hydrogens is 279 g/mol. The summed E-state index contributed by atoms with van der Waals surface area (Å²) in [6.07, 6.45) is -2.91. The number of carbonyl (C=O) groups excluding carboxylic acids is 2. The van der Waals surface area contributed by atoms with Gasteiger partial charge in [0.15, 0.2) is 0 Å². The number of hydrogen-bond acceptors (Lipinski definition) is 3. The molecule has 1 aliphatic rings. The lowest BCUT2D eigenvalue weighted by atomic mass is 10.1. The van der Waals surface area contributed by atoms with Crippen LogP contribution in [0.5, 0.6) is 0 Å². The standard InChI is InChI=1S/C12H6F3NO4/c13-12(14,15)6-1-2-8(7(5-6)11(19)20)16-9(17)3-4-10(16)18/h1-5H,(H,19,20). The van der Waals surface area contributed by atoms with Crippen LogP contribution in [0.1, 0.15) is 15.9 Å². The minimum atomic E-state index is -4.72. The first-order valence-corrected chi connectivity index (χ1v) is 5.22. The van der Waals surface area contributed by atoms with E-state index in [4.69, 9.17) is 5.11 Å². The molecule has 0 unspecified atom stereocenters. The van der Waals surface area contributed by atoms with Gasteiger partial charge in [0.1, 0.15) is 0 Å². The maximum atomic E-state index is 12.5. The van der Waals surface area contributed by atoms with Crippen molar-refractivity contribution < 1.29 is 32.7 Å². The molecule has 1 heterocycles. The molecule has 104 valence electrons. The summed E-state index contributed by atoms with van der Waals surface area (Å²) in [4.78, 5) is 34.4. The van der Waals surface area contributed by atoms with Crippen molar-refractivity contribution in [2.45, 2.75) is 6.18 Å². The summed E-state index contributed by atoms with van der Waals surface area (Å²) >= 11 is 0. The Morgan fingerprint density at radius 1 is 1.10 bits per heavy atom. The zero-order chi connectivity index (χ0) is 15.1. The Hall–Kier alpha value is -2.64. The molecule has 0 fully saturated rings. The highest BCUT2D eigenvalue weighted by Crippen LogP contribution is 2.33. The summed E-state index contributed by atoms with van der Waals surface area (Å²) in [5.74, 6) is -3.28. The average molecular weight is 285 g/mol. The highest BCUT2D eigenvalue weighted by atomic mass is 19.4. The molecule has 2 rings (SSSR count). The van der Waals surface area contributed by atoms with Crippen LogP contribution in [0.3, 0.4) is 0 Å². The number of nitrogens with zero attached hydrogens (tertiary/aromatic N) is 1. The number of aromatic carboxylic acids is 1. The monoisotopic (exact) mass is 285 g/mol. The van der Waals surface area contributed by atoms with E-state index in [9.17, 15) is 27.6 Å². The normalized spacial score (nSPS) is 15.1. The van der Waals surface area contributed by atoms with E-state index in [1.165, 1.54) is 0 Å². The number of carbonyl (C=O) groups is 3. The van der Waals surface area contributed by atoms with E-state index in [0.717, 1.165) is 18.2 Å². The van der Waals surface area contributed by atoms with E-state index in [1.807, 2.05) is 0 Å². The van der Waals surface area contributed by atoms with Crippen LogP contribution >= 0.6 is 0 Å². The van der Waals surface area contributed by atoms with Gasteiger partial charge in [-0.1, -0.05) is 0 Å². The van der Waals surface area contributed by atoms with Gasteiger partial charge in [0, 0.05) is 12.2 Å². The lowest BCUT2D eigenvalue weighted by Crippen LogP contribution is -2.31. The van der Waals surface area contributed by atoms with Gasteiger partial charge >= 0.3 is 12.1 Å². The van der Waals surface area contributed by atoms with Crippen molar-refractivity contribution in [2.75, 3.05) is 4.90 Å². The van der Waals surface area contributed by atoms with Crippen molar-refractivity contribution in [3.8, 4) is 0 Å². The molecule has 1 aromatic carbocycles. The lowest BCUT2D eigenvalue weighted by molar-refractivity contribution is -0.137. The maximum absolute atomic E-state index is 12.5. The number of anilines is 1. The SMILES string of the molecule is O=C(O)c1cc(C(F)(F)F)ccc1N1C(=O)C=CC1=O. The molecule has 1 N–H and O–H groups in total. The van der Waals surface area contributed by atoms with E-state index < -0.39 is 40.8 Å². The van der Waals surface area contributed by atoms with Gasteiger partial charge in [-0.2, -0.15) is 13.2 Å². The Balaban J connectivity index is 2.57. The van der Waals surface area contributed by atoms with E-state index >= 15 is 0 Å². The van der Waals surface area contributed by atoms with Crippen molar-refractivity contribution in [1.29, 1.82) is 0 Å². The van der Waals surface area contributed by atoms with Gasteiger partial charge in [0.25, 0.3) is 11.8 Å². The van der Waals surface area contributed by atoms with E-state index in [-0.39, 0.29) is 0 Å². The first-order chi connectivity index (χ1) is 9.21. The van der Waals surface area contributed by atoms with Gasteiger partial charge in [-0.3, -0.25) is 9.59 Å². The van der Waals surface area contributed by atoms with E-state index in [0.29, 0.717) is 17.0 Å². The number of rotatable bonds is 2. The number of halogens is 3. The zero-order valence-corrected chi connectivity index (χ0v) is 9.64. The number of benzene rings is 1. The second-order valence-corrected chi connectivity index (χ2v) is 3.88. The van der Waals surface area contributed by atoms with Crippen LogP contribution in [0, 0.1) is 0 Å². The fraction of sp³-hybridized carbons (Fsp3) is 0.0833.